The molecule has 0 radical (unpaired) electrons. The molecule has 0 atom stereocenters. The molecule has 2 N–H and O–H groups in total. The Labute approximate surface area is 105 Å². The molecule has 0 saturated carbocycles. The van der Waals surface area contributed by atoms with E-state index in [2.05, 4.69) is 4.98 Å². The average molecular weight is 246 g/mol. The molecule has 1 aromatic carbocycles. The minimum absolute atomic E-state index is 0.374. The summed E-state index contributed by atoms with van der Waals surface area (Å²) in [6.07, 6.45) is 5.31. The summed E-state index contributed by atoms with van der Waals surface area (Å²) in [5.41, 5.74) is 7.12. The molecule has 1 heterocycles. The lowest BCUT2D eigenvalue weighted by Crippen LogP contribution is -2.00. The van der Waals surface area contributed by atoms with E-state index >= 15 is 0 Å². The van der Waals surface area contributed by atoms with Gasteiger partial charge in [0, 0.05) is 30.2 Å². The first-order valence-electron chi connectivity index (χ1n) is 5.82. The minimum atomic E-state index is -0.376. The molecule has 94 valence electrons. The van der Waals surface area contributed by atoms with Crippen LogP contribution in [0.2, 0.25) is 0 Å². The van der Waals surface area contributed by atoms with Gasteiger partial charge in [0.15, 0.2) is 0 Å². The number of nitrogens with two attached hydrogens (primary N) is 1. The number of hydrogen-bond acceptors (Lipinski definition) is 3. The van der Waals surface area contributed by atoms with Gasteiger partial charge >= 0.3 is 0 Å². The van der Waals surface area contributed by atoms with Crippen LogP contribution in [0.3, 0.4) is 0 Å². The van der Waals surface area contributed by atoms with E-state index in [0.717, 1.165) is 12.8 Å². The zero-order valence-electron chi connectivity index (χ0n) is 9.97. The van der Waals surface area contributed by atoms with Gasteiger partial charge in [-0.25, -0.2) is 4.39 Å². The van der Waals surface area contributed by atoms with E-state index in [1.54, 1.807) is 18.5 Å². The third kappa shape index (κ3) is 3.73. The summed E-state index contributed by atoms with van der Waals surface area (Å²) in [6, 6.07) is 8.17. The molecule has 0 unspecified atom stereocenters. The van der Waals surface area contributed by atoms with Crippen molar-refractivity contribution >= 4 is 5.69 Å². The summed E-state index contributed by atoms with van der Waals surface area (Å²) in [7, 11) is 0. The number of pyridine rings is 1. The Kier molecular flexibility index (Phi) is 4.12. The molecule has 0 aliphatic rings. The van der Waals surface area contributed by atoms with Crippen molar-refractivity contribution in [2.45, 2.75) is 12.8 Å². The van der Waals surface area contributed by atoms with E-state index in [0.29, 0.717) is 18.0 Å². The van der Waals surface area contributed by atoms with Gasteiger partial charge in [-0.05, 0) is 36.6 Å². The number of aromatic nitrogens is 1. The highest BCUT2D eigenvalue weighted by Crippen LogP contribution is 2.18. The van der Waals surface area contributed by atoms with Crippen LogP contribution in [-0.4, -0.2) is 11.6 Å². The highest BCUT2D eigenvalue weighted by molar-refractivity contribution is 5.44. The molecule has 3 nitrogen and oxygen atoms in total. The van der Waals surface area contributed by atoms with E-state index in [4.69, 9.17) is 10.5 Å². The predicted octanol–water partition coefficient (Wildman–Crippen LogP) is 2.81. The largest absolute Gasteiger partial charge is 0.493 e. The van der Waals surface area contributed by atoms with Gasteiger partial charge < -0.3 is 10.5 Å². The van der Waals surface area contributed by atoms with Crippen LogP contribution in [0, 0.1) is 5.82 Å². The van der Waals surface area contributed by atoms with Gasteiger partial charge in [-0.15, -0.1) is 0 Å². The van der Waals surface area contributed by atoms with Crippen molar-refractivity contribution in [2.24, 2.45) is 0 Å². The Morgan fingerprint density at radius 2 is 1.94 bits per heavy atom. The monoisotopic (exact) mass is 246 g/mol. The lowest BCUT2D eigenvalue weighted by molar-refractivity contribution is 0.309. The molecule has 2 rings (SSSR count). The van der Waals surface area contributed by atoms with Crippen molar-refractivity contribution in [2.75, 3.05) is 12.3 Å². The molecule has 0 saturated heterocycles. The normalized spacial score (nSPS) is 10.3. The summed E-state index contributed by atoms with van der Waals surface area (Å²) in [6.45, 7) is 0.533. The maximum atomic E-state index is 13.0. The smallest absolute Gasteiger partial charge is 0.128 e. The molecular weight excluding hydrogens is 231 g/mol. The Hall–Kier alpha value is -2.10. The molecule has 18 heavy (non-hydrogen) atoms. The first-order chi connectivity index (χ1) is 8.74. The summed E-state index contributed by atoms with van der Waals surface area (Å²) < 4.78 is 18.5. The van der Waals surface area contributed by atoms with Crippen LogP contribution in [0.5, 0.6) is 5.75 Å². The summed E-state index contributed by atoms with van der Waals surface area (Å²) in [5.74, 6) is 0.0985. The summed E-state index contributed by atoms with van der Waals surface area (Å²) >= 11 is 0. The standard InChI is InChI=1S/C14H15FN2O/c15-12-8-13(16)10-14(9-12)18-7-1-2-11-3-5-17-6-4-11/h3-6,8-10H,1-2,7,16H2. The molecule has 0 aliphatic carbocycles. The Balaban J connectivity index is 1.78. The van der Waals surface area contributed by atoms with Gasteiger partial charge in [0.05, 0.1) is 6.61 Å². The van der Waals surface area contributed by atoms with Crippen LogP contribution in [0.4, 0.5) is 10.1 Å². The number of halogens is 1. The molecule has 0 spiro atoms. The second kappa shape index (κ2) is 6.00. The molecular formula is C14H15FN2O. The third-order valence-electron chi connectivity index (χ3n) is 2.52. The van der Waals surface area contributed by atoms with Crippen LogP contribution < -0.4 is 10.5 Å². The number of rotatable bonds is 5. The summed E-state index contributed by atoms with van der Waals surface area (Å²) in [5, 5.41) is 0. The molecule has 0 aliphatic heterocycles. The molecule has 0 fully saturated rings. The number of ether oxygens (including phenoxy) is 1. The first-order valence-corrected chi connectivity index (χ1v) is 5.82. The van der Waals surface area contributed by atoms with Gasteiger partial charge in [0.2, 0.25) is 0 Å². The maximum absolute atomic E-state index is 13.0. The topological polar surface area (TPSA) is 48.1 Å². The van der Waals surface area contributed by atoms with Crippen molar-refractivity contribution < 1.29 is 9.13 Å². The van der Waals surface area contributed by atoms with Crippen molar-refractivity contribution in [3.63, 3.8) is 0 Å². The molecule has 0 amide bonds. The van der Waals surface area contributed by atoms with Crippen LogP contribution in [0.15, 0.2) is 42.7 Å². The Bertz CT molecular complexity index is 482. The van der Waals surface area contributed by atoms with Crippen molar-refractivity contribution in [3.8, 4) is 5.75 Å². The highest BCUT2D eigenvalue weighted by Gasteiger charge is 1.99. The Morgan fingerprint density at radius 3 is 2.67 bits per heavy atom. The predicted molar refractivity (Wildman–Crippen MR) is 68.9 cm³/mol. The van der Waals surface area contributed by atoms with E-state index in [1.807, 2.05) is 12.1 Å². The first kappa shape index (κ1) is 12.4. The number of benzene rings is 1. The molecule has 1 aromatic heterocycles. The van der Waals surface area contributed by atoms with E-state index in [1.165, 1.54) is 17.7 Å². The maximum Gasteiger partial charge on any atom is 0.128 e. The van der Waals surface area contributed by atoms with Crippen LogP contribution >= 0.6 is 0 Å². The van der Waals surface area contributed by atoms with Gasteiger partial charge in [-0.2, -0.15) is 0 Å². The van der Waals surface area contributed by atoms with Gasteiger partial charge in [-0.3, -0.25) is 4.98 Å². The van der Waals surface area contributed by atoms with Crippen molar-refractivity contribution in [3.05, 3.63) is 54.1 Å². The lowest BCUT2D eigenvalue weighted by atomic mass is 10.1. The van der Waals surface area contributed by atoms with Gasteiger partial charge in [0.1, 0.15) is 11.6 Å². The quantitative estimate of drug-likeness (QED) is 0.652. The third-order valence-corrected chi connectivity index (χ3v) is 2.52. The number of aryl methyl sites for hydroxylation is 1. The van der Waals surface area contributed by atoms with E-state index in [9.17, 15) is 4.39 Å². The molecule has 0 bridgehead atoms. The Morgan fingerprint density at radius 1 is 1.17 bits per heavy atom. The molecule has 4 heteroatoms. The average Bonchev–Trinajstić information content (AvgIpc) is 2.35. The number of nitrogens with zero attached hydrogens (tertiary/aromatic N) is 1. The minimum Gasteiger partial charge on any atom is -0.493 e. The molecule has 2 aromatic rings. The second-order valence-electron chi connectivity index (χ2n) is 4.03. The van der Waals surface area contributed by atoms with Gasteiger partial charge in [-0.1, -0.05) is 0 Å². The van der Waals surface area contributed by atoms with Crippen molar-refractivity contribution in [1.82, 2.24) is 4.98 Å². The fourth-order valence-electron chi connectivity index (χ4n) is 1.68. The van der Waals surface area contributed by atoms with Crippen LogP contribution in [0.1, 0.15) is 12.0 Å². The van der Waals surface area contributed by atoms with Crippen LogP contribution in [-0.2, 0) is 6.42 Å². The summed E-state index contributed by atoms with van der Waals surface area (Å²) in [4.78, 5) is 3.95. The van der Waals surface area contributed by atoms with E-state index < -0.39 is 0 Å². The zero-order valence-corrected chi connectivity index (χ0v) is 9.97. The highest BCUT2D eigenvalue weighted by atomic mass is 19.1. The van der Waals surface area contributed by atoms with Crippen molar-refractivity contribution in [1.29, 1.82) is 0 Å². The number of anilines is 1. The lowest BCUT2D eigenvalue weighted by Gasteiger charge is -2.07. The fourth-order valence-corrected chi connectivity index (χ4v) is 1.68. The SMILES string of the molecule is Nc1cc(F)cc(OCCCc2ccncc2)c1. The fraction of sp³-hybridized carbons (Fsp3) is 0.214. The van der Waals surface area contributed by atoms with Crippen LogP contribution in [0.25, 0.3) is 0 Å². The van der Waals surface area contributed by atoms with Gasteiger partial charge in [0.25, 0.3) is 0 Å². The second-order valence-corrected chi connectivity index (χ2v) is 4.03. The number of hydrogen-bond donors (Lipinski definition) is 1. The zero-order chi connectivity index (χ0) is 12.8. The van der Waals surface area contributed by atoms with E-state index in [-0.39, 0.29) is 5.82 Å². The number of nitrogen functional groups attached to an aromatic ring is 1.